The van der Waals surface area contributed by atoms with E-state index in [1.807, 2.05) is 4.57 Å². The third-order valence-corrected chi connectivity index (χ3v) is 7.33. The van der Waals surface area contributed by atoms with Gasteiger partial charge in [0.05, 0.1) is 34.0 Å². The number of H-pyrrole nitrogens is 1. The van der Waals surface area contributed by atoms with Crippen LogP contribution in [0.2, 0.25) is 0 Å². The largest absolute Gasteiger partial charge is 0.416 e. The Labute approximate surface area is 179 Å². The molecule has 0 spiro atoms. The lowest BCUT2D eigenvalue weighted by Gasteiger charge is -2.19. The molecule has 1 unspecified atom stereocenters. The molecule has 5 atom stereocenters. The molecule has 0 aliphatic heterocycles. The third-order valence-electron chi connectivity index (χ3n) is 7.33. The van der Waals surface area contributed by atoms with Gasteiger partial charge in [0.2, 0.25) is 0 Å². The van der Waals surface area contributed by atoms with Crippen LogP contribution in [0.3, 0.4) is 0 Å². The summed E-state index contributed by atoms with van der Waals surface area (Å²) in [6.07, 6.45) is -0.937. The topological polar surface area (TPSA) is 46.5 Å². The number of imidazole rings is 2. The van der Waals surface area contributed by atoms with Gasteiger partial charge in [0.15, 0.2) is 11.6 Å². The predicted octanol–water partition coefficient (Wildman–Crippen LogP) is 6.21. The zero-order valence-electron chi connectivity index (χ0n) is 17.0. The number of rotatable bonds is 3. The second-order valence-corrected chi connectivity index (χ2v) is 9.08. The Balaban J connectivity index is 1.20. The standard InChI is InChI=1S/C23H19F5N4/c1-10(22-30-17-3-2-11(23(26,27)28)4-18(17)31-22)21-13-5-12(6-14(13)21)32-9-29-19-7-15(24)16(25)8-20(19)32/h2-4,7-10,12-14,21H,5-6H2,1H3,(H,30,31)/t10?,12-,13+,14-,21-. The van der Waals surface area contributed by atoms with Crippen LogP contribution in [-0.4, -0.2) is 19.5 Å². The molecule has 9 heteroatoms. The van der Waals surface area contributed by atoms with E-state index in [1.165, 1.54) is 12.1 Å². The molecular weight excluding hydrogens is 427 g/mol. The predicted molar refractivity (Wildman–Crippen MR) is 108 cm³/mol. The summed E-state index contributed by atoms with van der Waals surface area (Å²) in [5.74, 6) is 0.359. The molecule has 2 aliphatic carbocycles. The molecule has 2 aromatic carbocycles. The van der Waals surface area contributed by atoms with Gasteiger partial charge in [-0.15, -0.1) is 0 Å². The molecule has 2 aliphatic rings. The van der Waals surface area contributed by atoms with Crippen LogP contribution in [0.15, 0.2) is 36.7 Å². The Bertz CT molecular complexity index is 1340. The van der Waals surface area contributed by atoms with E-state index in [1.54, 1.807) is 6.33 Å². The second kappa shape index (κ2) is 6.52. The number of halogens is 5. The number of aromatic nitrogens is 4. The van der Waals surface area contributed by atoms with E-state index in [-0.39, 0.29) is 12.0 Å². The van der Waals surface area contributed by atoms with Gasteiger partial charge >= 0.3 is 6.18 Å². The summed E-state index contributed by atoms with van der Waals surface area (Å²) in [5.41, 5.74) is 1.25. The molecule has 0 bridgehead atoms. The van der Waals surface area contributed by atoms with Crippen LogP contribution in [0.5, 0.6) is 0 Å². The average molecular weight is 446 g/mol. The number of nitrogens with one attached hydrogen (secondary N) is 1. The van der Waals surface area contributed by atoms with Crippen LogP contribution in [0.4, 0.5) is 22.0 Å². The molecule has 166 valence electrons. The van der Waals surface area contributed by atoms with Crippen molar-refractivity contribution in [2.45, 2.75) is 37.9 Å². The molecule has 0 radical (unpaired) electrons. The maximum atomic E-state index is 13.7. The Morgan fingerprint density at radius 2 is 1.75 bits per heavy atom. The van der Waals surface area contributed by atoms with Crippen molar-refractivity contribution in [2.75, 3.05) is 0 Å². The first-order valence-corrected chi connectivity index (χ1v) is 10.6. The smallest absolute Gasteiger partial charge is 0.342 e. The first-order chi connectivity index (χ1) is 15.2. The molecule has 2 aromatic heterocycles. The molecule has 2 fully saturated rings. The van der Waals surface area contributed by atoms with Gasteiger partial charge in [-0.1, -0.05) is 6.92 Å². The van der Waals surface area contributed by atoms with Gasteiger partial charge in [-0.05, 0) is 48.8 Å². The summed E-state index contributed by atoms with van der Waals surface area (Å²) >= 11 is 0. The number of alkyl halides is 3. The van der Waals surface area contributed by atoms with E-state index in [9.17, 15) is 22.0 Å². The van der Waals surface area contributed by atoms with Crippen LogP contribution in [0.1, 0.15) is 43.1 Å². The Morgan fingerprint density at radius 3 is 2.47 bits per heavy atom. The number of benzene rings is 2. The van der Waals surface area contributed by atoms with Crippen molar-refractivity contribution in [1.82, 2.24) is 19.5 Å². The molecule has 1 N–H and O–H groups in total. The molecule has 6 rings (SSSR count). The van der Waals surface area contributed by atoms with E-state index in [0.717, 1.165) is 31.0 Å². The summed E-state index contributed by atoms with van der Waals surface area (Å²) in [6, 6.07) is 6.07. The van der Waals surface area contributed by atoms with E-state index >= 15 is 0 Å². The molecule has 4 aromatic rings. The van der Waals surface area contributed by atoms with Gasteiger partial charge in [-0.3, -0.25) is 0 Å². The Hall–Kier alpha value is -2.97. The summed E-state index contributed by atoms with van der Waals surface area (Å²) in [7, 11) is 0. The van der Waals surface area contributed by atoms with Crippen LogP contribution in [0, 0.1) is 29.4 Å². The average Bonchev–Trinajstić information content (AvgIpc) is 3.14. The highest BCUT2D eigenvalue weighted by atomic mass is 19.4. The van der Waals surface area contributed by atoms with Gasteiger partial charge in [0, 0.05) is 24.1 Å². The molecule has 0 saturated heterocycles. The van der Waals surface area contributed by atoms with Crippen molar-refractivity contribution in [1.29, 1.82) is 0 Å². The molecule has 32 heavy (non-hydrogen) atoms. The lowest BCUT2D eigenvalue weighted by Crippen LogP contribution is -2.11. The van der Waals surface area contributed by atoms with Crippen LogP contribution in [0.25, 0.3) is 22.1 Å². The Kier molecular flexibility index (Phi) is 4.02. The zero-order valence-corrected chi connectivity index (χ0v) is 17.0. The van der Waals surface area contributed by atoms with E-state index in [0.29, 0.717) is 45.6 Å². The van der Waals surface area contributed by atoms with Crippen molar-refractivity contribution >= 4 is 22.1 Å². The van der Waals surface area contributed by atoms with E-state index in [4.69, 9.17) is 0 Å². The number of fused-ring (bicyclic) bond motifs is 3. The maximum Gasteiger partial charge on any atom is 0.416 e. The van der Waals surface area contributed by atoms with Gasteiger partial charge < -0.3 is 9.55 Å². The fourth-order valence-electron chi connectivity index (χ4n) is 5.75. The fraction of sp³-hybridized carbons (Fsp3) is 0.391. The SMILES string of the molecule is CC(c1nc2cc(C(F)(F)F)ccc2[nH]1)[C@H]1[C@@H]2C[C@H](n3cnc4cc(F)c(F)cc43)C[C@@H]21. The number of hydrogen-bond donors (Lipinski definition) is 1. The minimum absolute atomic E-state index is 0.0961. The van der Waals surface area contributed by atoms with E-state index < -0.39 is 23.4 Å². The van der Waals surface area contributed by atoms with Crippen molar-refractivity contribution in [3.8, 4) is 0 Å². The van der Waals surface area contributed by atoms with Crippen molar-refractivity contribution in [2.24, 2.45) is 17.8 Å². The van der Waals surface area contributed by atoms with Gasteiger partial charge in [0.25, 0.3) is 0 Å². The van der Waals surface area contributed by atoms with Crippen LogP contribution >= 0.6 is 0 Å². The number of hydrogen-bond acceptors (Lipinski definition) is 2. The lowest BCUT2D eigenvalue weighted by molar-refractivity contribution is -0.137. The van der Waals surface area contributed by atoms with Crippen LogP contribution < -0.4 is 0 Å². The number of nitrogens with zero attached hydrogens (tertiary/aromatic N) is 3. The lowest BCUT2D eigenvalue weighted by atomic mass is 9.96. The first-order valence-electron chi connectivity index (χ1n) is 10.6. The molecule has 4 nitrogen and oxygen atoms in total. The minimum Gasteiger partial charge on any atom is -0.342 e. The maximum absolute atomic E-state index is 13.7. The van der Waals surface area contributed by atoms with Gasteiger partial charge in [-0.2, -0.15) is 13.2 Å². The quantitative estimate of drug-likeness (QED) is 0.380. The molecular formula is C23H19F5N4. The molecule has 2 heterocycles. The summed E-state index contributed by atoms with van der Waals surface area (Å²) < 4.78 is 68.1. The highest BCUT2D eigenvalue weighted by molar-refractivity contribution is 5.76. The third kappa shape index (κ3) is 2.93. The van der Waals surface area contributed by atoms with Gasteiger partial charge in [0.1, 0.15) is 5.82 Å². The summed E-state index contributed by atoms with van der Waals surface area (Å²) in [6.45, 7) is 2.06. The summed E-state index contributed by atoms with van der Waals surface area (Å²) in [5, 5.41) is 0. The Morgan fingerprint density at radius 1 is 1.03 bits per heavy atom. The fourth-order valence-corrected chi connectivity index (χ4v) is 5.75. The molecule has 2 saturated carbocycles. The highest BCUT2D eigenvalue weighted by Crippen LogP contribution is 2.65. The monoisotopic (exact) mass is 446 g/mol. The van der Waals surface area contributed by atoms with Gasteiger partial charge in [-0.25, -0.2) is 18.7 Å². The van der Waals surface area contributed by atoms with Crippen molar-refractivity contribution in [3.05, 3.63) is 59.7 Å². The normalized spacial score (nSPS) is 26.1. The van der Waals surface area contributed by atoms with Crippen molar-refractivity contribution in [3.63, 3.8) is 0 Å². The van der Waals surface area contributed by atoms with Crippen LogP contribution in [-0.2, 0) is 6.18 Å². The highest BCUT2D eigenvalue weighted by Gasteiger charge is 2.58. The first kappa shape index (κ1) is 19.7. The zero-order chi connectivity index (χ0) is 22.4. The number of aromatic amines is 1. The van der Waals surface area contributed by atoms with E-state index in [2.05, 4.69) is 21.9 Å². The van der Waals surface area contributed by atoms with Crippen molar-refractivity contribution < 1.29 is 22.0 Å². The second-order valence-electron chi connectivity index (χ2n) is 9.08. The summed E-state index contributed by atoms with van der Waals surface area (Å²) in [4.78, 5) is 11.9. The minimum atomic E-state index is -4.40. The molecule has 0 amide bonds.